The van der Waals surface area contributed by atoms with Gasteiger partial charge in [-0.1, -0.05) is 71.5 Å². The van der Waals surface area contributed by atoms with Crippen LogP contribution in [0.4, 0.5) is 10.5 Å². The first-order valence-corrected chi connectivity index (χ1v) is 13.9. The molecule has 2 aromatic heterocycles. The number of carbonyl (C=O) groups excluding carboxylic acids is 3. The number of rotatable bonds is 9. The fourth-order valence-electron chi connectivity index (χ4n) is 3.52. The lowest BCUT2D eigenvalue weighted by atomic mass is 10.0. The molecule has 1 atom stereocenters. The predicted molar refractivity (Wildman–Crippen MR) is 157 cm³/mol. The van der Waals surface area contributed by atoms with Crippen LogP contribution in [0.2, 0.25) is 10.0 Å². The Labute approximate surface area is 257 Å². The van der Waals surface area contributed by atoms with Crippen molar-refractivity contribution in [2.75, 3.05) is 11.6 Å². The summed E-state index contributed by atoms with van der Waals surface area (Å²) in [5, 5.41) is 7.28. The zero-order valence-electron chi connectivity index (χ0n) is 22.8. The molecule has 2 heterocycles. The van der Waals surface area contributed by atoms with E-state index in [-0.39, 0.29) is 23.1 Å². The van der Waals surface area contributed by atoms with Gasteiger partial charge < -0.3 is 19.3 Å². The van der Waals surface area contributed by atoms with E-state index < -0.39 is 41.2 Å². The van der Waals surface area contributed by atoms with E-state index in [2.05, 4.69) is 15.5 Å². The fraction of sp³-hybridized carbons (Fsp3) is 0.370. The number of ether oxygens (including phenoxy) is 2. The summed E-state index contributed by atoms with van der Waals surface area (Å²) in [7, 11) is 0. The Hall–Kier alpha value is -3.05. The molecule has 0 unspecified atom stereocenters. The van der Waals surface area contributed by atoms with Crippen molar-refractivity contribution in [2.45, 2.75) is 51.1 Å². The van der Waals surface area contributed by atoms with Crippen LogP contribution in [0.15, 0.2) is 47.1 Å². The molecule has 3 rings (SSSR count). The van der Waals surface area contributed by atoms with E-state index in [1.54, 1.807) is 58.9 Å². The highest BCUT2D eigenvalue weighted by Gasteiger charge is 2.31. The molecule has 0 aliphatic carbocycles. The highest BCUT2D eigenvalue weighted by molar-refractivity contribution is 6.54. The van der Waals surface area contributed by atoms with Crippen LogP contribution in [0.25, 0.3) is 22.7 Å². The average Bonchev–Trinajstić information content (AvgIpc) is 3.36. The molecule has 0 bridgehead atoms. The first-order valence-electron chi connectivity index (χ1n) is 12.3. The average molecular weight is 646 g/mol. The van der Waals surface area contributed by atoms with Crippen LogP contribution < -0.4 is 10.2 Å². The molecular weight excluding hydrogens is 618 g/mol. The van der Waals surface area contributed by atoms with Crippen LogP contribution in [0.5, 0.6) is 0 Å². The van der Waals surface area contributed by atoms with Crippen LogP contribution >= 0.6 is 46.4 Å². The van der Waals surface area contributed by atoms with Crippen LogP contribution in [0, 0.1) is 5.92 Å². The van der Waals surface area contributed by atoms with Crippen LogP contribution in [-0.2, 0) is 19.1 Å². The Balaban J connectivity index is 1.81. The lowest BCUT2D eigenvalue weighted by molar-refractivity contribution is -0.158. The molecule has 1 aromatic carbocycles. The van der Waals surface area contributed by atoms with Gasteiger partial charge in [0.05, 0.1) is 15.7 Å². The quantitative estimate of drug-likeness (QED) is 0.151. The third-order valence-corrected chi connectivity index (χ3v) is 6.42. The number of anilines is 1. The largest absolute Gasteiger partial charge is 0.458 e. The van der Waals surface area contributed by atoms with Crippen LogP contribution in [-0.4, -0.2) is 51.3 Å². The van der Waals surface area contributed by atoms with E-state index in [9.17, 15) is 14.4 Å². The first-order chi connectivity index (χ1) is 19.2. The van der Waals surface area contributed by atoms with Crippen LogP contribution in [0.3, 0.4) is 0 Å². The standard InChI is InChI=1S/C27H28Cl4N4O6/c1-14(2)22(25(37)40-27(3,4)5)33-26(38)39-13-35(24(36)23(30)31)15-9-10-32-18(11-15)20-12-19(34-41-20)21-16(28)7-6-8-17(21)29/h6-12,14,22-23H,13H2,1-5H3,(H,33,38)/t22-/m1/s1. The molecule has 0 aliphatic heterocycles. The van der Waals surface area contributed by atoms with Crippen molar-refractivity contribution >= 4 is 70.1 Å². The van der Waals surface area contributed by atoms with Crippen molar-refractivity contribution in [1.82, 2.24) is 15.5 Å². The summed E-state index contributed by atoms with van der Waals surface area (Å²) < 4.78 is 16.1. The smallest absolute Gasteiger partial charge is 0.409 e. The molecule has 220 valence electrons. The van der Waals surface area contributed by atoms with Crippen molar-refractivity contribution in [2.24, 2.45) is 5.92 Å². The van der Waals surface area contributed by atoms with Crippen molar-refractivity contribution < 1.29 is 28.4 Å². The van der Waals surface area contributed by atoms with Gasteiger partial charge in [-0.25, -0.2) is 9.59 Å². The lowest BCUT2D eigenvalue weighted by Gasteiger charge is -2.27. The summed E-state index contributed by atoms with van der Waals surface area (Å²) in [4.78, 5) is 41.9. The maximum atomic E-state index is 12.9. The third kappa shape index (κ3) is 8.72. The topological polar surface area (TPSA) is 124 Å². The van der Waals surface area contributed by atoms with E-state index in [0.29, 0.717) is 21.3 Å². The van der Waals surface area contributed by atoms with Gasteiger partial charge in [0.25, 0.3) is 5.91 Å². The number of pyridine rings is 1. The maximum absolute atomic E-state index is 12.9. The van der Waals surface area contributed by atoms with Gasteiger partial charge in [-0.3, -0.25) is 14.7 Å². The Bertz CT molecular complexity index is 1390. The van der Waals surface area contributed by atoms with E-state index in [1.807, 2.05) is 0 Å². The maximum Gasteiger partial charge on any atom is 0.409 e. The molecule has 0 radical (unpaired) electrons. The van der Waals surface area contributed by atoms with Crippen molar-refractivity contribution in [3.05, 3.63) is 52.6 Å². The number of hydrogen-bond acceptors (Lipinski definition) is 8. The third-order valence-electron chi connectivity index (χ3n) is 5.41. The SMILES string of the molecule is CC(C)[C@@H](NC(=O)OCN(C(=O)C(Cl)Cl)c1ccnc(-c2cc(-c3c(Cl)cccc3Cl)no2)c1)C(=O)OC(C)(C)C. The van der Waals surface area contributed by atoms with Gasteiger partial charge in [0, 0.05) is 17.8 Å². The number of esters is 1. The molecular formula is C27H28Cl4N4O6. The number of hydrogen-bond donors (Lipinski definition) is 1. The molecule has 10 nitrogen and oxygen atoms in total. The molecule has 2 amide bonds. The lowest BCUT2D eigenvalue weighted by Crippen LogP contribution is -2.48. The summed E-state index contributed by atoms with van der Waals surface area (Å²) in [5.41, 5.74) is 0.633. The minimum Gasteiger partial charge on any atom is -0.458 e. The summed E-state index contributed by atoms with van der Waals surface area (Å²) in [6.07, 6.45) is 0.448. The second-order valence-electron chi connectivity index (χ2n) is 10.1. The Morgan fingerprint density at radius 2 is 1.71 bits per heavy atom. The van der Waals surface area contributed by atoms with Gasteiger partial charge in [0.1, 0.15) is 23.0 Å². The minimum absolute atomic E-state index is 0.236. The van der Waals surface area contributed by atoms with Gasteiger partial charge in [-0.15, -0.1) is 0 Å². The van der Waals surface area contributed by atoms with Gasteiger partial charge in [0.2, 0.25) is 0 Å². The summed E-state index contributed by atoms with van der Waals surface area (Å²) >= 11 is 24.3. The molecule has 14 heteroatoms. The number of nitrogens with one attached hydrogen (secondary N) is 1. The minimum atomic E-state index is -1.47. The van der Waals surface area contributed by atoms with Gasteiger partial charge in [-0.2, -0.15) is 0 Å². The van der Waals surface area contributed by atoms with E-state index in [1.165, 1.54) is 18.3 Å². The summed E-state index contributed by atoms with van der Waals surface area (Å²) in [6, 6.07) is 8.62. The summed E-state index contributed by atoms with van der Waals surface area (Å²) in [6.45, 7) is 8.04. The first kappa shape index (κ1) is 32.5. The zero-order valence-corrected chi connectivity index (χ0v) is 25.8. The molecule has 0 spiro atoms. The van der Waals surface area contributed by atoms with Gasteiger partial charge in [-0.05, 0) is 51.0 Å². The Morgan fingerprint density at radius 3 is 2.29 bits per heavy atom. The zero-order chi connectivity index (χ0) is 30.5. The highest BCUT2D eigenvalue weighted by Crippen LogP contribution is 2.36. The molecule has 0 saturated carbocycles. The van der Waals surface area contributed by atoms with Crippen LogP contribution in [0.1, 0.15) is 34.6 Å². The fourth-order valence-corrected chi connectivity index (χ4v) is 4.34. The summed E-state index contributed by atoms with van der Waals surface area (Å²) in [5.74, 6) is -1.45. The molecule has 1 N–H and O–H groups in total. The molecule has 3 aromatic rings. The number of benzene rings is 1. The Morgan fingerprint density at radius 1 is 1.05 bits per heavy atom. The van der Waals surface area contributed by atoms with E-state index in [4.69, 9.17) is 60.4 Å². The molecule has 0 aliphatic rings. The number of carbonyl (C=O) groups is 3. The Kier molecular flexibility index (Phi) is 10.9. The number of alkyl carbamates (subject to hydrolysis) is 1. The van der Waals surface area contributed by atoms with Crippen molar-refractivity contribution in [3.63, 3.8) is 0 Å². The molecule has 0 fully saturated rings. The van der Waals surface area contributed by atoms with Gasteiger partial charge in [0.15, 0.2) is 17.3 Å². The number of alkyl halides is 2. The van der Waals surface area contributed by atoms with Gasteiger partial charge >= 0.3 is 12.1 Å². The van der Waals surface area contributed by atoms with Crippen molar-refractivity contribution in [3.8, 4) is 22.7 Å². The second kappa shape index (κ2) is 13.7. The molecule has 0 saturated heterocycles. The second-order valence-corrected chi connectivity index (χ2v) is 12.0. The van der Waals surface area contributed by atoms with E-state index in [0.717, 1.165) is 4.90 Å². The van der Waals surface area contributed by atoms with E-state index >= 15 is 0 Å². The number of halogens is 4. The highest BCUT2D eigenvalue weighted by atomic mass is 35.5. The molecule has 41 heavy (non-hydrogen) atoms. The van der Waals surface area contributed by atoms with Crippen molar-refractivity contribution in [1.29, 1.82) is 0 Å². The number of nitrogens with zero attached hydrogens (tertiary/aromatic N) is 3. The number of amides is 2. The monoisotopic (exact) mass is 644 g/mol. The predicted octanol–water partition coefficient (Wildman–Crippen LogP) is 6.90. The number of aromatic nitrogens is 2. The normalized spacial score (nSPS) is 12.3.